The Hall–Kier alpha value is -3.38. The van der Waals surface area contributed by atoms with E-state index in [1.54, 1.807) is 32.1 Å². The average molecular weight is 424 g/mol. The lowest BCUT2D eigenvalue weighted by Gasteiger charge is -2.21. The number of ether oxygens (including phenoxy) is 1. The molecule has 2 aromatic rings. The molecule has 0 amide bonds. The summed E-state index contributed by atoms with van der Waals surface area (Å²) in [5, 5.41) is 28.1. The molecular formula is C25H28O6. The second-order valence-electron chi connectivity index (χ2n) is 8.40. The molecule has 0 fully saturated rings. The van der Waals surface area contributed by atoms with E-state index in [0.717, 1.165) is 5.56 Å². The summed E-state index contributed by atoms with van der Waals surface area (Å²) in [4.78, 5) is 22.5. The van der Waals surface area contributed by atoms with E-state index in [1.165, 1.54) is 12.1 Å². The largest absolute Gasteiger partial charge is 0.489 e. The molecule has 0 heterocycles. The first-order valence-corrected chi connectivity index (χ1v) is 9.81. The summed E-state index contributed by atoms with van der Waals surface area (Å²) in [7, 11) is 0. The first kappa shape index (κ1) is 23.9. The minimum atomic E-state index is -1.30. The van der Waals surface area contributed by atoms with Crippen LogP contribution in [-0.4, -0.2) is 32.9 Å². The van der Waals surface area contributed by atoms with Gasteiger partial charge in [0.25, 0.3) is 0 Å². The highest BCUT2D eigenvalue weighted by Gasteiger charge is 2.18. The van der Waals surface area contributed by atoms with Gasteiger partial charge in [-0.3, -0.25) is 0 Å². The fraction of sp³-hybridized carbons (Fsp3) is 0.280. The molecule has 6 nitrogen and oxygen atoms in total. The van der Waals surface area contributed by atoms with E-state index in [1.807, 2.05) is 36.4 Å². The standard InChI is InChI=1S/C25H28O6/c1-24(2,12-5-6-13-25(3,4)30)18-8-7-9-19(15-18)31-16-17-10-11-20(22(26)27)21(14-17)23(28)29/h5-15,30H,16H2,1-4H3,(H,26,27)(H,28,29)/b12-5+,13-6+. The Morgan fingerprint density at radius 3 is 2.16 bits per heavy atom. The summed E-state index contributed by atoms with van der Waals surface area (Å²) in [5.74, 6) is -1.97. The van der Waals surface area contributed by atoms with Crippen LogP contribution in [0.2, 0.25) is 0 Å². The molecule has 0 aromatic heterocycles. The number of hydrogen-bond donors (Lipinski definition) is 3. The smallest absolute Gasteiger partial charge is 0.336 e. The van der Waals surface area contributed by atoms with Crippen molar-refractivity contribution in [2.75, 3.05) is 0 Å². The SMILES string of the molecule is CC(C)(O)/C=C/C=C/C(C)(C)c1cccc(OCc2ccc(C(=O)O)c(C(=O)O)c2)c1. The maximum absolute atomic E-state index is 11.3. The summed E-state index contributed by atoms with van der Waals surface area (Å²) in [6, 6.07) is 11.7. The Labute approximate surface area is 182 Å². The first-order chi connectivity index (χ1) is 14.4. The molecule has 0 saturated heterocycles. The van der Waals surface area contributed by atoms with Crippen molar-refractivity contribution < 1.29 is 29.6 Å². The van der Waals surface area contributed by atoms with Crippen molar-refractivity contribution >= 4 is 11.9 Å². The molecule has 0 aliphatic heterocycles. The lowest BCUT2D eigenvalue weighted by atomic mass is 9.84. The van der Waals surface area contributed by atoms with Gasteiger partial charge < -0.3 is 20.1 Å². The number of carboxylic acids is 2. The predicted octanol–water partition coefficient (Wildman–Crippen LogP) is 4.82. The Morgan fingerprint density at radius 2 is 1.55 bits per heavy atom. The Balaban J connectivity index is 2.15. The number of benzene rings is 2. The van der Waals surface area contributed by atoms with Crippen molar-refractivity contribution in [3.05, 3.63) is 89.0 Å². The van der Waals surface area contributed by atoms with E-state index in [9.17, 15) is 19.8 Å². The Bertz CT molecular complexity index is 1010. The van der Waals surface area contributed by atoms with Crippen LogP contribution in [0.4, 0.5) is 0 Å². The number of aromatic carboxylic acids is 2. The second-order valence-corrected chi connectivity index (χ2v) is 8.40. The third-order valence-corrected chi connectivity index (χ3v) is 4.66. The van der Waals surface area contributed by atoms with E-state index >= 15 is 0 Å². The molecule has 0 saturated carbocycles. The molecule has 0 atom stereocenters. The van der Waals surface area contributed by atoms with Crippen LogP contribution in [0.25, 0.3) is 0 Å². The highest BCUT2D eigenvalue weighted by molar-refractivity contribution is 6.01. The van der Waals surface area contributed by atoms with Crippen molar-refractivity contribution in [2.24, 2.45) is 0 Å². The van der Waals surface area contributed by atoms with Crippen molar-refractivity contribution in [2.45, 2.75) is 45.3 Å². The molecule has 0 unspecified atom stereocenters. The molecule has 31 heavy (non-hydrogen) atoms. The summed E-state index contributed by atoms with van der Waals surface area (Å²) in [5.41, 5.74) is -0.110. The molecule has 2 aromatic carbocycles. The average Bonchev–Trinajstić information content (AvgIpc) is 2.69. The number of carboxylic acid groups (broad SMARTS) is 2. The van der Waals surface area contributed by atoms with Gasteiger partial charge in [0.1, 0.15) is 12.4 Å². The fourth-order valence-corrected chi connectivity index (χ4v) is 2.88. The zero-order valence-corrected chi connectivity index (χ0v) is 18.1. The lowest BCUT2D eigenvalue weighted by molar-refractivity contribution is 0.0651. The summed E-state index contributed by atoms with van der Waals surface area (Å²) >= 11 is 0. The number of rotatable bonds is 9. The molecule has 0 radical (unpaired) electrons. The summed E-state index contributed by atoms with van der Waals surface area (Å²) < 4.78 is 5.82. The van der Waals surface area contributed by atoms with Gasteiger partial charge in [-0.25, -0.2) is 9.59 Å². The van der Waals surface area contributed by atoms with E-state index in [2.05, 4.69) is 13.8 Å². The maximum atomic E-state index is 11.3. The molecule has 0 aliphatic carbocycles. The van der Waals surface area contributed by atoms with Gasteiger partial charge in [0.05, 0.1) is 16.7 Å². The normalized spacial score (nSPS) is 12.4. The number of allylic oxidation sites excluding steroid dienone is 3. The van der Waals surface area contributed by atoms with Gasteiger partial charge in [-0.15, -0.1) is 0 Å². The van der Waals surface area contributed by atoms with E-state index in [4.69, 9.17) is 9.84 Å². The van der Waals surface area contributed by atoms with Crippen molar-refractivity contribution in [1.82, 2.24) is 0 Å². The molecule has 0 aliphatic rings. The molecule has 0 spiro atoms. The van der Waals surface area contributed by atoms with Crippen LogP contribution < -0.4 is 4.74 Å². The topological polar surface area (TPSA) is 104 Å². The van der Waals surface area contributed by atoms with Crippen molar-refractivity contribution in [3.63, 3.8) is 0 Å². The van der Waals surface area contributed by atoms with Gasteiger partial charge in [0.15, 0.2) is 0 Å². The van der Waals surface area contributed by atoms with Crippen molar-refractivity contribution in [3.8, 4) is 5.75 Å². The van der Waals surface area contributed by atoms with Crippen LogP contribution in [0, 0.1) is 0 Å². The molecule has 3 N–H and O–H groups in total. The highest BCUT2D eigenvalue weighted by Crippen LogP contribution is 2.28. The molecule has 164 valence electrons. The van der Waals surface area contributed by atoms with Crippen LogP contribution in [0.3, 0.4) is 0 Å². The minimum absolute atomic E-state index is 0.105. The van der Waals surface area contributed by atoms with Gasteiger partial charge in [0, 0.05) is 5.41 Å². The number of carbonyl (C=O) groups is 2. The second kappa shape index (κ2) is 9.62. The third-order valence-electron chi connectivity index (χ3n) is 4.66. The molecule has 6 heteroatoms. The van der Waals surface area contributed by atoms with E-state index in [-0.39, 0.29) is 23.1 Å². The maximum Gasteiger partial charge on any atom is 0.336 e. The quantitative estimate of drug-likeness (QED) is 0.499. The molecular weight excluding hydrogens is 396 g/mol. The Morgan fingerprint density at radius 1 is 0.903 bits per heavy atom. The highest BCUT2D eigenvalue weighted by atomic mass is 16.5. The van der Waals surface area contributed by atoms with Crippen LogP contribution in [0.1, 0.15) is 59.5 Å². The monoisotopic (exact) mass is 424 g/mol. The van der Waals surface area contributed by atoms with Gasteiger partial charge in [-0.2, -0.15) is 0 Å². The van der Waals surface area contributed by atoms with Crippen LogP contribution in [-0.2, 0) is 12.0 Å². The van der Waals surface area contributed by atoms with E-state index < -0.39 is 17.5 Å². The lowest BCUT2D eigenvalue weighted by Crippen LogP contribution is -2.14. The third kappa shape index (κ3) is 7.12. The van der Waals surface area contributed by atoms with Crippen molar-refractivity contribution in [1.29, 1.82) is 0 Å². The van der Waals surface area contributed by atoms with Gasteiger partial charge in [0.2, 0.25) is 0 Å². The fourth-order valence-electron chi connectivity index (χ4n) is 2.88. The van der Waals surface area contributed by atoms with E-state index in [0.29, 0.717) is 11.3 Å². The minimum Gasteiger partial charge on any atom is -0.489 e. The van der Waals surface area contributed by atoms with Gasteiger partial charge >= 0.3 is 11.9 Å². The van der Waals surface area contributed by atoms with Gasteiger partial charge in [-0.05, 0) is 49.2 Å². The summed E-state index contributed by atoms with van der Waals surface area (Å²) in [6.45, 7) is 7.64. The zero-order valence-electron chi connectivity index (χ0n) is 18.1. The zero-order chi connectivity index (χ0) is 23.2. The Kier molecular flexibility index (Phi) is 7.41. The van der Waals surface area contributed by atoms with Gasteiger partial charge in [-0.1, -0.05) is 56.4 Å². The van der Waals surface area contributed by atoms with Crippen LogP contribution >= 0.6 is 0 Å². The predicted molar refractivity (Wildman–Crippen MR) is 119 cm³/mol. The number of hydrogen-bond acceptors (Lipinski definition) is 4. The van der Waals surface area contributed by atoms with Crippen LogP contribution in [0.5, 0.6) is 5.75 Å². The molecule has 2 rings (SSSR count). The first-order valence-electron chi connectivity index (χ1n) is 9.81. The molecule has 0 bridgehead atoms. The summed E-state index contributed by atoms with van der Waals surface area (Å²) in [6.07, 6.45) is 7.43. The van der Waals surface area contributed by atoms with Crippen LogP contribution in [0.15, 0.2) is 66.8 Å². The number of aliphatic hydroxyl groups is 1.